The Bertz CT molecular complexity index is 930. The number of benzene rings is 2. The van der Waals surface area contributed by atoms with Crippen molar-refractivity contribution in [2.75, 3.05) is 21.1 Å². The van der Waals surface area contributed by atoms with E-state index in [1.54, 1.807) is 0 Å². The van der Waals surface area contributed by atoms with Crippen molar-refractivity contribution in [1.29, 1.82) is 0 Å². The third kappa shape index (κ3) is 4.58. The van der Waals surface area contributed by atoms with E-state index in [9.17, 15) is 4.79 Å². The van der Waals surface area contributed by atoms with E-state index in [0.29, 0.717) is 17.5 Å². The number of esters is 1. The predicted octanol–water partition coefficient (Wildman–Crippen LogP) is 4.15. The number of H-pyrrole nitrogens is 1. The molecule has 2 aromatic carbocycles. The molecule has 4 nitrogen and oxygen atoms in total. The van der Waals surface area contributed by atoms with Gasteiger partial charge in [-0.2, -0.15) is 0 Å². The SMILES string of the molecule is Cc1cc(C)cc(COC(=O)C(Cc2c[nH]c3ccccc23)[N+](C)(C)C)c1. The summed E-state index contributed by atoms with van der Waals surface area (Å²) in [6.45, 7) is 4.43. The minimum atomic E-state index is -0.268. The fraction of sp³-hybridized carbons (Fsp3) is 0.348. The number of aromatic amines is 1. The van der Waals surface area contributed by atoms with Gasteiger partial charge in [-0.3, -0.25) is 0 Å². The average Bonchev–Trinajstić information content (AvgIpc) is 2.99. The number of para-hydroxylation sites is 1. The third-order valence-corrected chi connectivity index (χ3v) is 4.96. The smallest absolute Gasteiger partial charge is 0.365 e. The maximum Gasteiger partial charge on any atom is 0.365 e. The molecule has 27 heavy (non-hydrogen) atoms. The summed E-state index contributed by atoms with van der Waals surface area (Å²) in [6, 6.07) is 14.2. The molecule has 0 aliphatic rings. The maximum absolute atomic E-state index is 12.9. The van der Waals surface area contributed by atoms with E-state index in [4.69, 9.17) is 4.74 Å². The van der Waals surface area contributed by atoms with E-state index in [1.165, 1.54) is 11.1 Å². The van der Waals surface area contributed by atoms with Crippen molar-refractivity contribution in [1.82, 2.24) is 4.98 Å². The van der Waals surface area contributed by atoms with E-state index in [-0.39, 0.29) is 12.0 Å². The first-order chi connectivity index (χ1) is 12.7. The lowest BCUT2D eigenvalue weighted by Crippen LogP contribution is -2.51. The lowest BCUT2D eigenvalue weighted by Gasteiger charge is -2.32. The summed E-state index contributed by atoms with van der Waals surface area (Å²) >= 11 is 0. The monoisotopic (exact) mass is 365 g/mol. The zero-order valence-electron chi connectivity index (χ0n) is 16.9. The number of aryl methyl sites for hydroxylation is 2. The standard InChI is InChI=1S/C23H29N2O2/c1-16-10-17(2)12-18(11-16)15-27-23(26)22(25(3,4)5)13-19-14-24-21-9-7-6-8-20(19)21/h6-12,14,22,24H,13,15H2,1-5H3/q+1. The van der Waals surface area contributed by atoms with Crippen LogP contribution in [-0.4, -0.2) is 42.6 Å². The minimum Gasteiger partial charge on any atom is -0.456 e. The van der Waals surface area contributed by atoms with Crippen LogP contribution < -0.4 is 0 Å². The molecule has 3 rings (SSSR count). The molecule has 3 aromatic rings. The van der Waals surface area contributed by atoms with Crippen LogP contribution in [0.15, 0.2) is 48.7 Å². The number of hydrogen-bond acceptors (Lipinski definition) is 2. The highest BCUT2D eigenvalue weighted by Crippen LogP contribution is 2.22. The van der Waals surface area contributed by atoms with Gasteiger partial charge in [-0.15, -0.1) is 0 Å². The largest absolute Gasteiger partial charge is 0.456 e. The second kappa shape index (κ2) is 7.57. The number of nitrogens with zero attached hydrogens (tertiary/aromatic N) is 1. The number of quaternary nitrogens is 1. The highest BCUT2D eigenvalue weighted by Gasteiger charge is 2.34. The van der Waals surface area contributed by atoms with Gasteiger partial charge < -0.3 is 14.2 Å². The molecule has 0 bridgehead atoms. The summed E-state index contributed by atoms with van der Waals surface area (Å²) in [6.07, 6.45) is 2.64. The van der Waals surface area contributed by atoms with Gasteiger partial charge in [-0.05, 0) is 31.0 Å². The fourth-order valence-corrected chi connectivity index (χ4v) is 3.59. The quantitative estimate of drug-likeness (QED) is 0.527. The van der Waals surface area contributed by atoms with Crippen molar-refractivity contribution in [2.45, 2.75) is 32.9 Å². The molecule has 0 radical (unpaired) electrons. The maximum atomic E-state index is 12.9. The predicted molar refractivity (Wildman–Crippen MR) is 110 cm³/mol. The summed E-state index contributed by atoms with van der Waals surface area (Å²) in [4.78, 5) is 16.2. The number of nitrogens with one attached hydrogen (secondary N) is 1. The van der Waals surface area contributed by atoms with E-state index < -0.39 is 0 Å². The van der Waals surface area contributed by atoms with E-state index in [2.05, 4.69) is 49.2 Å². The molecule has 0 fully saturated rings. The Labute approximate surface area is 161 Å². The zero-order valence-corrected chi connectivity index (χ0v) is 16.9. The van der Waals surface area contributed by atoms with E-state index in [1.807, 2.05) is 39.5 Å². The zero-order chi connectivity index (χ0) is 19.6. The second-order valence-electron chi connectivity index (χ2n) is 8.30. The summed E-state index contributed by atoms with van der Waals surface area (Å²) in [7, 11) is 6.12. The Hall–Kier alpha value is -2.59. The molecule has 0 saturated carbocycles. The van der Waals surface area contributed by atoms with Gasteiger partial charge in [-0.25, -0.2) is 4.79 Å². The third-order valence-electron chi connectivity index (χ3n) is 4.96. The molecule has 1 N–H and O–H groups in total. The van der Waals surface area contributed by atoms with Crippen molar-refractivity contribution in [3.63, 3.8) is 0 Å². The van der Waals surface area contributed by atoms with Gasteiger partial charge in [0.15, 0.2) is 6.04 Å². The van der Waals surface area contributed by atoms with Gasteiger partial charge in [0.2, 0.25) is 0 Å². The number of carbonyl (C=O) groups is 1. The number of likely N-dealkylation sites (N-methyl/N-ethyl adjacent to an activating group) is 1. The van der Waals surface area contributed by atoms with Gasteiger partial charge in [0, 0.05) is 23.5 Å². The van der Waals surface area contributed by atoms with Crippen molar-refractivity contribution >= 4 is 16.9 Å². The summed E-state index contributed by atoms with van der Waals surface area (Å²) < 4.78 is 6.24. The van der Waals surface area contributed by atoms with Gasteiger partial charge in [-0.1, -0.05) is 47.5 Å². The van der Waals surface area contributed by atoms with Crippen LogP contribution in [0.2, 0.25) is 0 Å². The Balaban J connectivity index is 1.77. The summed E-state index contributed by atoms with van der Waals surface area (Å²) in [5, 5.41) is 1.16. The first kappa shape index (κ1) is 19.2. The van der Waals surface area contributed by atoms with Crippen molar-refractivity contribution in [3.8, 4) is 0 Å². The summed E-state index contributed by atoms with van der Waals surface area (Å²) in [5.41, 5.74) is 5.64. The molecule has 0 amide bonds. The number of fused-ring (bicyclic) bond motifs is 1. The van der Waals surface area contributed by atoms with E-state index >= 15 is 0 Å². The van der Waals surface area contributed by atoms with Crippen molar-refractivity contribution in [2.24, 2.45) is 0 Å². The van der Waals surface area contributed by atoms with Crippen LogP contribution in [-0.2, 0) is 22.6 Å². The van der Waals surface area contributed by atoms with Crippen LogP contribution in [0.5, 0.6) is 0 Å². The number of ether oxygens (including phenoxy) is 1. The molecule has 1 aromatic heterocycles. The first-order valence-corrected chi connectivity index (χ1v) is 9.34. The van der Waals surface area contributed by atoms with Crippen molar-refractivity contribution < 1.29 is 14.0 Å². The molecule has 0 aliphatic heterocycles. The van der Waals surface area contributed by atoms with Crippen LogP contribution in [0, 0.1) is 13.8 Å². The van der Waals surface area contributed by atoms with Gasteiger partial charge >= 0.3 is 5.97 Å². The van der Waals surface area contributed by atoms with E-state index in [0.717, 1.165) is 22.0 Å². The van der Waals surface area contributed by atoms with Crippen LogP contribution >= 0.6 is 0 Å². The first-order valence-electron chi connectivity index (χ1n) is 9.34. The number of hydrogen-bond donors (Lipinski definition) is 1. The Morgan fingerprint density at radius 3 is 2.41 bits per heavy atom. The number of aromatic nitrogens is 1. The van der Waals surface area contributed by atoms with Gasteiger partial charge in [0.25, 0.3) is 0 Å². The normalized spacial score (nSPS) is 12.9. The van der Waals surface area contributed by atoms with Crippen LogP contribution in [0.1, 0.15) is 22.3 Å². The van der Waals surface area contributed by atoms with Crippen LogP contribution in [0.3, 0.4) is 0 Å². The molecule has 1 atom stereocenters. The topological polar surface area (TPSA) is 42.1 Å². The average molecular weight is 365 g/mol. The highest BCUT2D eigenvalue weighted by molar-refractivity contribution is 5.84. The molecule has 1 unspecified atom stereocenters. The van der Waals surface area contributed by atoms with Gasteiger partial charge in [0.1, 0.15) is 6.61 Å². The molecule has 4 heteroatoms. The molecular weight excluding hydrogens is 336 g/mol. The van der Waals surface area contributed by atoms with Gasteiger partial charge in [0.05, 0.1) is 21.1 Å². The lowest BCUT2D eigenvalue weighted by molar-refractivity contribution is -0.887. The second-order valence-corrected chi connectivity index (χ2v) is 8.30. The Morgan fingerprint density at radius 1 is 1.07 bits per heavy atom. The Morgan fingerprint density at radius 2 is 1.74 bits per heavy atom. The molecule has 142 valence electrons. The molecular formula is C23H29N2O2+. The molecule has 0 aliphatic carbocycles. The lowest BCUT2D eigenvalue weighted by atomic mass is 10.0. The van der Waals surface area contributed by atoms with Crippen LogP contribution in [0.4, 0.5) is 0 Å². The minimum absolute atomic E-state index is 0.160. The van der Waals surface area contributed by atoms with Crippen LogP contribution in [0.25, 0.3) is 10.9 Å². The summed E-state index contributed by atoms with van der Waals surface area (Å²) in [5.74, 6) is -0.160. The number of carbonyl (C=O) groups excluding carboxylic acids is 1. The highest BCUT2D eigenvalue weighted by atomic mass is 16.5. The Kier molecular flexibility index (Phi) is 5.38. The number of rotatable bonds is 6. The molecule has 0 spiro atoms. The van der Waals surface area contributed by atoms with Crippen molar-refractivity contribution in [3.05, 3.63) is 70.9 Å². The molecule has 1 heterocycles. The fourth-order valence-electron chi connectivity index (χ4n) is 3.59. The molecule has 0 saturated heterocycles.